The Labute approximate surface area is 151 Å². The van der Waals surface area contributed by atoms with Crippen molar-refractivity contribution in [3.63, 3.8) is 0 Å². The maximum Gasteiger partial charge on any atom is 0.338 e. The van der Waals surface area contributed by atoms with Crippen LogP contribution in [0.2, 0.25) is 0 Å². The number of rotatable bonds is 6. The molecule has 140 valence electrons. The van der Waals surface area contributed by atoms with Gasteiger partial charge in [0.2, 0.25) is 0 Å². The van der Waals surface area contributed by atoms with Crippen molar-refractivity contribution in [2.24, 2.45) is 11.3 Å². The summed E-state index contributed by atoms with van der Waals surface area (Å²) in [4.78, 5) is 12.4. The van der Waals surface area contributed by atoms with E-state index in [9.17, 15) is 9.90 Å². The number of benzene rings is 1. The van der Waals surface area contributed by atoms with E-state index in [0.717, 1.165) is 0 Å². The highest BCUT2D eigenvalue weighted by Gasteiger charge is 2.94. The van der Waals surface area contributed by atoms with Gasteiger partial charge >= 0.3 is 5.97 Å². The predicted octanol–water partition coefficient (Wildman–Crippen LogP) is 1.45. The fraction of sp³-hybridized carbons (Fsp3) is 0.632. The predicted molar refractivity (Wildman–Crippen MR) is 86.9 cm³/mol. The van der Waals surface area contributed by atoms with E-state index < -0.39 is 34.7 Å². The summed E-state index contributed by atoms with van der Waals surface area (Å²) < 4.78 is 28.7. The maximum atomic E-state index is 12.4. The van der Waals surface area contributed by atoms with Gasteiger partial charge in [0.05, 0.1) is 11.0 Å². The number of hydrogen-bond donors (Lipinski definition) is 1. The van der Waals surface area contributed by atoms with Crippen molar-refractivity contribution in [3.05, 3.63) is 35.9 Å². The molecule has 7 nitrogen and oxygen atoms in total. The molecule has 3 aliphatic carbocycles. The standard InChI is InChI=1S/C19H22O7/c1-16-9-18(24-11-22-2)13-8-19(16,21)17(13,15(25-16)26-18)10-23-14(20)12-6-4-3-5-7-12/h3-7,13,15,21H,8-11H2,1-2H3. The fourth-order valence-corrected chi connectivity index (χ4v) is 5.57. The molecule has 0 spiro atoms. The number of methoxy groups -OCH3 is 1. The molecule has 3 saturated heterocycles. The van der Waals surface area contributed by atoms with Crippen molar-refractivity contribution in [1.82, 2.24) is 0 Å². The van der Waals surface area contributed by atoms with Gasteiger partial charge in [0, 0.05) is 19.4 Å². The molecule has 1 aromatic rings. The lowest BCUT2D eigenvalue weighted by Gasteiger charge is -2.65. The second kappa shape index (κ2) is 5.05. The summed E-state index contributed by atoms with van der Waals surface area (Å²) in [6, 6.07) is 8.80. The van der Waals surface area contributed by atoms with Gasteiger partial charge in [0.15, 0.2) is 12.1 Å². The summed E-state index contributed by atoms with van der Waals surface area (Å²) in [5.41, 5.74) is -2.22. The average molecular weight is 362 g/mol. The van der Waals surface area contributed by atoms with Gasteiger partial charge < -0.3 is 28.8 Å². The van der Waals surface area contributed by atoms with E-state index in [1.165, 1.54) is 0 Å². The first-order valence-corrected chi connectivity index (χ1v) is 8.84. The normalized spacial score (nSPS) is 47.0. The molecule has 3 saturated carbocycles. The quantitative estimate of drug-likeness (QED) is 0.606. The molecule has 1 N–H and O–H groups in total. The van der Waals surface area contributed by atoms with E-state index in [2.05, 4.69) is 0 Å². The number of hydrogen-bond acceptors (Lipinski definition) is 7. The Bertz CT molecular complexity index is 754. The van der Waals surface area contributed by atoms with Crippen LogP contribution in [0.15, 0.2) is 30.3 Å². The van der Waals surface area contributed by atoms with Crippen LogP contribution < -0.4 is 0 Å². The fourth-order valence-electron chi connectivity index (χ4n) is 5.57. The van der Waals surface area contributed by atoms with Crippen LogP contribution in [0.5, 0.6) is 0 Å². The average Bonchev–Trinajstić information content (AvgIpc) is 2.84. The van der Waals surface area contributed by atoms with Gasteiger partial charge in [0.25, 0.3) is 0 Å². The van der Waals surface area contributed by atoms with Crippen LogP contribution >= 0.6 is 0 Å². The van der Waals surface area contributed by atoms with Gasteiger partial charge in [-0.3, -0.25) is 0 Å². The van der Waals surface area contributed by atoms with Crippen molar-refractivity contribution in [2.45, 2.75) is 43.0 Å². The molecule has 6 aliphatic rings. The molecule has 0 radical (unpaired) electrons. The van der Waals surface area contributed by atoms with E-state index in [0.29, 0.717) is 18.4 Å². The Hall–Kier alpha value is -1.51. The van der Waals surface area contributed by atoms with Crippen LogP contribution in [0.25, 0.3) is 0 Å². The summed E-state index contributed by atoms with van der Waals surface area (Å²) in [6.45, 7) is 2.00. The zero-order chi connectivity index (χ0) is 18.2. The van der Waals surface area contributed by atoms with Gasteiger partial charge in [-0.15, -0.1) is 0 Å². The van der Waals surface area contributed by atoms with E-state index in [4.69, 9.17) is 23.7 Å². The van der Waals surface area contributed by atoms with Crippen molar-refractivity contribution in [3.8, 4) is 0 Å². The summed E-state index contributed by atoms with van der Waals surface area (Å²) in [5.74, 6) is -1.40. The molecule has 6 fully saturated rings. The molecule has 6 bridgehead atoms. The van der Waals surface area contributed by atoms with Crippen LogP contribution in [-0.2, 0) is 23.7 Å². The number of carbonyl (C=O) groups is 1. The first kappa shape index (κ1) is 16.6. The van der Waals surface area contributed by atoms with Crippen LogP contribution in [0, 0.1) is 11.3 Å². The topological polar surface area (TPSA) is 83.5 Å². The molecule has 0 aromatic heterocycles. The molecule has 6 unspecified atom stereocenters. The zero-order valence-electron chi connectivity index (χ0n) is 14.8. The molecule has 3 aliphatic heterocycles. The van der Waals surface area contributed by atoms with Gasteiger partial charge in [0.1, 0.15) is 24.6 Å². The lowest BCUT2D eigenvalue weighted by Crippen LogP contribution is -2.79. The monoisotopic (exact) mass is 362 g/mol. The highest BCUT2D eigenvalue weighted by molar-refractivity contribution is 5.89. The van der Waals surface area contributed by atoms with Gasteiger partial charge in [-0.05, 0) is 25.5 Å². The zero-order valence-corrected chi connectivity index (χ0v) is 14.8. The van der Waals surface area contributed by atoms with Crippen molar-refractivity contribution in [1.29, 1.82) is 0 Å². The Morgan fingerprint density at radius 1 is 1.31 bits per heavy atom. The number of aliphatic hydroxyl groups is 1. The number of esters is 1. The number of ether oxygens (including phenoxy) is 5. The highest BCUT2D eigenvalue weighted by Crippen LogP contribution is 2.80. The van der Waals surface area contributed by atoms with Crippen molar-refractivity contribution in [2.75, 3.05) is 20.5 Å². The van der Waals surface area contributed by atoms with Gasteiger partial charge in [-0.25, -0.2) is 4.79 Å². The van der Waals surface area contributed by atoms with Gasteiger partial charge in [-0.2, -0.15) is 0 Å². The molecular formula is C19H22O7. The summed E-state index contributed by atoms with van der Waals surface area (Å²) >= 11 is 0. The summed E-state index contributed by atoms with van der Waals surface area (Å²) in [7, 11) is 1.55. The molecule has 26 heavy (non-hydrogen) atoms. The van der Waals surface area contributed by atoms with Crippen LogP contribution in [-0.4, -0.2) is 54.9 Å². The minimum absolute atomic E-state index is 0.0280. The SMILES string of the molecule is COCOC12CC3(C)OC(O1)C1(COC(=O)c4ccccc4)C2CC31O. The lowest BCUT2D eigenvalue weighted by molar-refractivity contribution is -0.405. The van der Waals surface area contributed by atoms with Crippen LogP contribution in [0.4, 0.5) is 0 Å². The van der Waals surface area contributed by atoms with Crippen LogP contribution in [0.1, 0.15) is 30.1 Å². The summed E-state index contributed by atoms with van der Waals surface area (Å²) in [5, 5.41) is 11.4. The highest BCUT2D eigenvalue weighted by atomic mass is 16.8. The maximum absolute atomic E-state index is 12.4. The first-order valence-electron chi connectivity index (χ1n) is 8.84. The summed E-state index contributed by atoms with van der Waals surface area (Å²) in [6.07, 6.45) is 0.257. The Morgan fingerprint density at radius 2 is 2.08 bits per heavy atom. The lowest BCUT2D eigenvalue weighted by atomic mass is 9.41. The third-order valence-corrected chi connectivity index (χ3v) is 6.85. The molecule has 0 amide bonds. The Morgan fingerprint density at radius 3 is 2.81 bits per heavy atom. The molecule has 7 rings (SSSR count). The Kier molecular flexibility index (Phi) is 3.24. The van der Waals surface area contributed by atoms with E-state index in [1.54, 1.807) is 31.4 Å². The van der Waals surface area contributed by atoms with E-state index >= 15 is 0 Å². The molecule has 1 aromatic carbocycles. The second-order valence-corrected chi connectivity index (χ2v) is 7.94. The third-order valence-electron chi connectivity index (χ3n) is 6.85. The largest absolute Gasteiger partial charge is 0.461 e. The molecule has 7 heteroatoms. The third kappa shape index (κ3) is 1.69. The molecule has 6 atom stereocenters. The minimum Gasteiger partial charge on any atom is -0.461 e. The molecular weight excluding hydrogens is 340 g/mol. The number of carbonyl (C=O) groups excluding carboxylic acids is 1. The van der Waals surface area contributed by atoms with E-state index in [1.807, 2.05) is 13.0 Å². The smallest absolute Gasteiger partial charge is 0.338 e. The second-order valence-electron chi connectivity index (χ2n) is 7.94. The minimum atomic E-state index is -1.09. The van der Waals surface area contributed by atoms with Crippen molar-refractivity contribution < 1.29 is 33.6 Å². The van der Waals surface area contributed by atoms with E-state index in [-0.39, 0.29) is 19.3 Å². The van der Waals surface area contributed by atoms with Crippen molar-refractivity contribution >= 4 is 5.97 Å². The molecule has 3 heterocycles. The van der Waals surface area contributed by atoms with Crippen LogP contribution in [0.3, 0.4) is 0 Å². The Balaban J connectivity index is 1.43. The van der Waals surface area contributed by atoms with Gasteiger partial charge in [-0.1, -0.05) is 18.2 Å². The first-order chi connectivity index (χ1) is 12.4.